The minimum Gasteiger partial charge on any atom is -0.497 e. The number of carbonyl (C=O) groups is 8. The van der Waals surface area contributed by atoms with Crippen LogP contribution in [-0.2, 0) is 70.1 Å². The van der Waals surface area contributed by atoms with E-state index < -0.39 is 89.0 Å². The molecular formula is C63H81N9O14. The molecule has 4 heterocycles. The lowest BCUT2D eigenvalue weighted by Gasteiger charge is -2.34. The quantitative estimate of drug-likeness (QED) is 0.0343. The summed E-state index contributed by atoms with van der Waals surface area (Å²) in [6.45, 7) is 4.52. The number of nitrogens with zero attached hydrogens (tertiary/aromatic N) is 3. The van der Waals surface area contributed by atoms with Crippen molar-refractivity contribution in [3.8, 4) is 29.9 Å². The van der Waals surface area contributed by atoms with Crippen LogP contribution in [0.15, 0.2) is 71.8 Å². The molecule has 86 heavy (non-hydrogen) atoms. The summed E-state index contributed by atoms with van der Waals surface area (Å²) >= 11 is 0. The average molecular weight is 1190 g/mol. The molecule has 23 nitrogen and oxygen atoms in total. The lowest BCUT2D eigenvalue weighted by molar-refractivity contribution is -0.135. The smallest absolute Gasteiger partial charge is 0.244 e. The fourth-order valence-electron chi connectivity index (χ4n) is 11.4. The van der Waals surface area contributed by atoms with Gasteiger partial charge in [-0.15, -0.1) is 12.3 Å². The highest BCUT2D eigenvalue weighted by Gasteiger charge is 2.56. The Morgan fingerprint density at radius 1 is 0.616 bits per heavy atom. The van der Waals surface area contributed by atoms with E-state index in [1.807, 2.05) is 15.9 Å². The summed E-state index contributed by atoms with van der Waals surface area (Å²) in [6.07, 6.45) is 14.4. The van der Waals surface area contributed by atoms with Gasteiger partial charge in [0, 0.05) is 51.9 Å². The Bertz CT molecular complexity index is 2900. The maximum absolute atomic E-state index is 14.9. The van der Waals surface area contributed by atoms with Crippen molar-refractivity contribution in [2.24, 2.45) is 0 Å². The van der Waals surface area contributed by atoms with Crippen molar-refractivity contribution in [1.82, 2.24) is 41.7 Å². The van der Waals surface area contributed by atoms with Crippen molar-refractivity contribution in [1.29, 1.82) is 5.26 Å². The molecule has 8 rings (SSSR count). The Hall–Kier alpha value is -7.51. The van der Waals surface area contributed by atoms with E-state index in [2.05, 4.69) is 50.0 Å². The standard InChI is InChI=1S/C63H81N9O14/c1-5-10-48(58(77)69-52(33-43-15-19-45(81-3)20-16-43)60(79)67-50(31-41-11-6-7-12-41)56(75)62(2)39-85-62)65-55(74)38-72-27-30-84-47(36-72)35-63(40-86-63)57(76)51(32-42-13-8-9-14-42)68-61(80)53(34-44-17-21-46(82-4)22-18-44)70-59(78)49(23-24-64)66-54(73)37-71-25-28-83-29-26-71/h1,11,13,15-22,47-53H,6-10,12,14,23,25-40H2,2-4H3,(H,65,74)(H,66,73)(H,67,79)(H,68,80)(H,69,77)(H,70,78). The minimum absolute atomic E-state index is 0.00853. The Balaban J connectivity index is 0.910. The molecule has 6 N–H and O–H groups in total. The normalized spacial score (nSPS) is 22.9. The largest absolute Gasteiger partial charge is 0.497 e. The van der Waals surface area contributed by atoms with Crippen molar-refractivity contribution in [2.75, 3.05) is 86.5 Å². The minimum atomic E-state index is -1.35. The van der Waals surface area contributed by atoms with Gasteiger partial charge in [0.05, 0.1) is 91.0 Å². The number of ether oxygens (including phenoxy) is 6. The van der Waals surface area contributed by atoms with E-state index in [0.29, 0.717) is 61.9 Å². The van der Waals surface area contributed by atoms with Gasteiger partial charge in [0.25, 0.3) is 0 Å². The van der Waals surface area contributed by atoms with E-state index in [0.717, 1.165) is 49.7 Å². The third-order valence-corrected chi connectivity index (χ3v) is 16.5. The third kappa shape index (κ3) is 18.5. The van der Waals surface area contributed by atoms with E-state index in [9.17, 15) is 43.6 Å². The number of nitrogens with one attached hydrogen (secondary N) is 6. The van der Waals surface area contributed by atoms with Gasteiger partial charge < -0.3 is 60.3 Å². The maximum atomic E-state index is 14.9. The van der Waals surface area contributed by atoms with Crippen molar-refractivity contribution in [3.05, 3.63) is 83.0 Å². The van der Waals surface area contributed by atoms with Gasteiger partial charge in [-0.05, 0) is 93.7 Å². The number of Topliss-reactive ketones (excluding diaryl/α,β-unsaturated/α-hetero) is 2. The predicted molar refractivity (Wildman–Crippen MR) is 313 cm³/mol. The lowest BCUT2D eigenvalue weighted by Crippen LogP contribution is -2.58. The van der Waals surface area contributed by atoms with Crippen LogP contribution in [0.3, 0.4) is 0 Å². The van der Waals surface area contributed by atoms with Gasteiger partial charge in [0.15, 0.2) is 17.2 Å². The number of benzene rings is 2. The highest BCUT2D eigenvalue weighted by molar-refractivity contribution is 6.00. The van der Waals surface area contributed by atoms with Crippen molar-refractivity contribution >= 4 is 47.0 Å². The number of hydrogen-bond acceptors (Lipinski definition) is 17. The second kappa shape index (κ2) is 30.7. The summed E-state index contributed by atoms with van der Waals surface area (Å²) in [5.74, 6) is -0.706. The van der Waals surface area contributed by atoms with Gasteiger partial charge in [-0.25, -0.2) is 0 Å². The molecule has 0 saturated carbocycles. The van der Waals surface area contributed by atoms with Crippen molar-refractivity contribution < 1.29 is 66.8 Å². The summed E-state index contributed by atoms with van der Waals surface area (Å²) in [5.41, 5.74) is 1.04. The zero-order chi connectivity index (χ0) is 61.2. The second-order valence-corrected chi connectivity index (χ2v) is 23.1. The molecule has 9 unspecified atom stereocenters. The van der Waals surface area contributed by atoms with Gasteiger partial charge in [-0.1, -0.05) is 47.6 Å². The summed E-state index contributed by atoms with van der Waals surface area (Å²) in [7, 11) is 3.06. The number of morpholine rings is 2. The Labute approximate surface area is 502 Å². The molecule has 0 bridgehead atoms. The van der Waals surface area contributed by atoms with Crippen molar-refractivity contribution in [3.63, 3.8) is 0 Å². The summed E-state index contributed by atoms with van der Waals surface area (Å²) in [5, 5.41) is 26.6. The van der Waals surface area contributed by atoms with E-state index in [1.54, 1.807) is 55.5 Å². The first kappa shape index (κ1) is 64.5. The van der Waals surface area contributed by atoms with Crippen LogP contribution in [0.25, 0.3) is 0 Å². The number of carbonyl (C=O) groups excluding carboxylic acids is 8. The van der Waals surface area contributed by atoms with Crippen LogP contribution < -0.4 is 41.4 Å². The number of ketones is 2. The highest BCUT2D eigenvalue weighted by Crippen LogP contribution is 2.38. The number of epoxide rings is 2. The fourth-order valence-corrected chi connectivity index (χ4v) is 11.4. The first-order valence-corrected chi connectivity index (χ1v) is 29.7. The Kier molecular flexibility index (Phi) is 23.0. The van der Waals surface area contributed by atoms with Gasteiger partial charge in [-0.2, -0.15) is 5.26 Å². The van der Waals surface area contributed by atoms with Gasteiger partial charge >= 0.3 is 0 Å². The van der Waals surface area contributed by atoms with Crippen LogP contribution >= 0.6 is 0 Å². The summed E-state index contributed by atoms with van der Waals surface area (Å²) < 4.78 is 33.7. The monoisotopic (exact) mass is 1190 g/mol. The summed E-state index contributed by atoms with van der Waals surface area (Å²) in [4.78, 5) is 117. The van der Waals surface area contributed by atoms with Crippen LogP contribution in [0.5, 0.6) is 11.5 Å². The Morgan fingerprint density at radius 3 is 1.53 bits per heavy atom. The average Bonchev–Trinajstić information content (AvgIpc) is 2.17. The van der Waals surface area contributed by atoms with Crippen LogP contribution in [-0.4, -0.2) is 197 Å². The topological polar surface area (TPSA) is 301 Å². The van der Waals surface area contributed by atoms with E-state index in [1.165, 1.54) is 14.2 Å². The van der Waals surface area contributed by atoms with E-state index >= 15 is 0 Å². The molecule has 6 aliphatic rings. The van der Waals surface area contributed by atoms with Gasteiger partial charge in [-0.3, -0.25) is 48.2 Å². The van der Waals surface area contributed by atoms with Gasteiger partial charge in [0.2, 0.25) is 35.4 Å². The molecule has 4 saturated heterocycles. The van der Waals surface area contributed by atoms with Gasteiger partial charge in [0.1, 0.15) is 41.3 Å². The van der Waals surface area contributed by atoms with E-state index in [-0.39, 0.29) is 89.5 Å². The fraction of sp³-hybridized carbons (Fsp3) is 0.571. The molecule has 9 atom stereocenters. The van der Waals surface area contributed by atoms with E-state index in [4.69, 9.17) is 34.8 Å². The maximum Gasteiger partial charge on any atom is 0.244 e. The summed E-state index contributed by atoms with van der Waals surface area (Å²) in [6, 6.07) is 8.95. The number of allylic oxidation sites excluding steroid dienone is 2. The third-order valence-electron chi connectivity index (χ3n) is 16.5. The molecule has 2 aromatic rings. The molecule has 4 aliphatic heterocycles. The van der Waals surface area contributed by atoms with Crippen LogP contribution in [0.2, 0.25) is 0 Å². The molecule has 23 heteroatoms. The number of amides is 6. The molecule has 2 aromatic carbocycles. The molecule has 0 spiro atoms. The van der Waals surface area contributed by atoms with Crippen LogP contribution in [0.4, 0.5) is 0 Å². The zero-order valence-corrected chi connectivity index (χ0v) is 49.4. The highest BCUT2D eigenvalue weighted by atomic mass is 16.6. The number of nitriles is 1. The molecule has 462 valence electrons. The van der Waals surface area contributed by atoms with Crippen LogP contribution in [0, 0.1) is 23.7 Å². The number of terminal acetylenes is 1. The zero-order valence-electron chi connectivity index (χ0n) is 49.4. The first-order chi connectivity index (χ1) is 41.5. The molecule has 0 aromatic heterocycles. The predicted octanol–water partition coefficient (Wildman–Crippen LogP) is 1.45. The molecule has 4 fully saturated rings. The molecular weight excluding hydrogens is 1110 g/mol. The molecule has 6 amide bonds. The number of hydrogen-bond donors (Lipinski definition) is 6. The second-order valence-electron chi connectivity index (χ2n) is 23.1. The number of rotatable bonds is 32. The molecule has 2 aliphatic carbocycles. The lowest BCUT2D eigenvalue weighted by atomic mass is 9.88. The Morgan fingerprint density at radius 2 is 1.08 bits per heavy atom. The molecule has 0 radical (unpaired) electrons. The SMILES string of the molecule is C#CCC(NC(=O)CN1CCOC(CC2(C(=O)C(CC3=CCCC3)NC(=O)C(Cc3ccc(OC)cc3)NC(=O)C(CC#N)NC(=O)CN3CCOCC3)CO2)C1)C(=O)NC(Cc1ccc(OC)cc1)C(=O)NC(CC1=CCCC1)C(=O)C1(C)CO1. The van der Waals surface area contributed by atoms with Crippen molar-refractivity contribution in [2.45, 2.75) is 144 Å². The van der Waals surface area contributed by atoms with Crippen LogP contribution in [0.1, 0.15) is 88.7 Å². The number of methoxy groups -OCH3 is 2. The first-order valence-electron chi connectivity index (χ1n) is 29.7.